The molecule has 2 rings (SSSR count). The highest BCUT2D eigenvalue weighted by molar-refractivity contribution is 6.00. The van der Waals surface area contributed by atoms with Crippen molar-refractivity contribution in [2.24, 2.45) is 0 Å². The Morgan fingerprint density at radius 1 is 1.29 bits per heavy atom. The number of hydrogen-bond donors (Lipinski definition) is 2. The largest absolute Gasteiger partial charge is 0.478 e. The summed E-state index contributed by atoms with van der Waals surface area (Å²) < 4.78 is 31.6. The van der Waals surface area contributed by atoms with E-state index in [2.05, 4.69) is 5.32 Å². The second-order valence-electron chi connectivity index (χ2n) is 4.86. The molecule has 1 saturated heterocycles. The number of carbonyl (C=O) groups is 2. The number of halogens is 2. The number of carboxylic acid groups (broad SMARTS) is 1. The number of carbonyl (C=O) groups excluding carboxylic acids is 1. The van der Waals surface area contributed by atoms with E-state index in [0.29, 0.717) is 18.7 Å². The second-order valence-corrected chi connectivity index (χ2v) is 4.86. The van der Waals surface area contributed by atoms with Crippen molar-refractivity contribution in [3.63, 3.8) is 0 Å². The van der Waals surface area contributed by atoms with Crippen LogP contribution in [0, 0.1) is 11.6 Å². The minimum Gasteiger partial charge on any atom is -0.478 e. The van der Waals surface area contributed by atoms with Crippen LogP contribution in [0.5, 0.6) is 0 Å². The predicted molar refractivity (Wildman–Crippen MR) is 70.2 cm³/mol. The summed E-state index contributed by atoms with van der Waals surface area (Å²) in [5.74, 6) is -4.43. The highest BCUT2D eigenvalue weighted by Crippen LogP contribution is 2.22. The predicted octanol–water partition coefficient (Wildman–Crippen LogP) is 2.56. The third kappa shape index (κ3) is 3.98. The lowest BCUT2D eigenvalue weighted by molar-refractivity contribution is -0.119. The van der Waals surface area contributed by atoms with Crippen molar-refractivity contribution in [1.82, 2.24) is 0 Å². The van der Waals surface area contributed by atoms with Gasteiger partial charge in [0.2, 0.25) is 5.91 Å². The number of benzene rings is 1. The molecule has 1 aliphatic rings. The van der Waals surface area contributed by atoms with E-state index in [-0.39, 0.29) is 18.2 Å². The molecule has 1 amide bonds. The van der Waals surface area contributed by atoms with Crippen molar-refractivity contribution >= 4 is 17.6 Å². The van der Waals surface area contributed by atoms with Gasteiger partial charge in [0, 0.05) is 12.7 Å². The first-order valence-corrected chi connectivity index (χ1v) is 6.61. The summed E-state index contributed by atoms with van der Waals surface area (Å²) in [5, 5.41) is 11.3. The van der Waals surface area contributed by atoms with Gasteiger partial charge in [-0.2, -0.15) is 0 Å². The Balaban J connectivity index is 2.09. The van der Waals surface area contributed by atoms with Gasteiger partial charge >= 0.3 is 5.97 Å². The Morgan fingerprint density at radius 2 is 2.00 bits per heavy atom. The van der Waals surface area contributed by atoms with Crippen LogP contribution < -0.4 is 5.32 Å². The average Bonchev–Trinajstić information content (AvgIpc) is 2.43. The van der Waals surface area contributed by atoms with Gasteiger partial charge in [-0.05, 0) is 25.3 Å². The Labute approximate surface area is 119 Å². The van der Waals surface area contributed by atoms with Crippen LogP contribution in [0.3, 0.4) is 0 Å². The van der Waals surface area contributed by atoms with Crippen LogP contribution in [0.25, 0.3) is 0 Å². The molecular formula is C14H15F2NO4. The van der Waals surface area contributed by atoms with E-state index in [4.69, 9.17) is 9.84 Å². The fourth-order valence-corrected chi connectivity index (χ4v) is 2.20. The van der Waals surface area contributed by atoms with Crippen molar-refractivity contribution in [3.05, 3.63) is 29.3 Å². The van der Waals surface area contributed by atoms with Gasteiger partial charge in [-0.25, -0.2) is 13.6 Å². The molecule has 1 unspecified atom stereocenters. The van der Waals surface area contributed by atoms with E-state index in [1.54, 1.807) is 0 Å². The molecule has 1 atom stereocenters. The summed E-state index contributed by atoms with van der Waals surface area (Å²) in [6.45, 7) is 0.587. The Hall–Kier alpha value is -2.02. The number of nitrogens with one attached hydrogen (secondary N) is 1. The molecule has 1 fully saturated rings. The van der Waals surface area contributed by atoms with Gasteiger partial charge in [-0.1, -0.05) is 0 Å². The van der Waals surface area contributed by atoms with Crippen molar-refractivity contribution < 1.29 is 28.2 Å². The van der Waals surface area contributed by atoms with E-state index in [9.17, 15) is 18.4 Å². The highest BCUT2D eigenvalue weighted by Gasteiger charge is 2.20. The Kier molecular flexibility index (Phi) is 4.85. The summed E-state index contributed by atoms with van der Waals surface area (Å²) in [6, 6.07) is 1.21. The van der Waals surface area contributed by atoms with Crippen molar-refractivity contribution in [2.75, 3.05) is 11.9 Å². The first kappa shape index (κ1) is 15.4. The number of carboxylic acids is 1. The molecule has 0 spiro atoms. The lowest BCUT2D eigenvalue weighted by Gasteiger charge is -2.22. The van der Waals surface area contributed by atoms with Crippen LogP contribution in [0.1, 0.15) is 36.0 Å². The van der Waals surface area contributed by atoms with Crippen molar-refractivity contribution in [1.29, 1.82) is 0 Å². The van der Waals surface area contributed by atoms with E-state index in [1.165, 1.54) is 0 Å². The smallest absolute Gasteiger partial charge is 0.337 e. The SMILES string of the molecule is O=C(CC1CCCCO1)Nc1cc(F)c(F)cc1C(=O)O. The zero-order valence-corrected chi connectivity index (χ0v) is 11.2. The molecule has 1 heterocycles. The molecule has 114 valence electrons. The molecule has 0 aromatic heterocycles. The standard InChI is InChI=1S/C14H15F2NO4/c15-10-6-9(14(19)20)12(7-11(10)16)17-13(18)5-8-3-1-2-4-21-8/h6-8H,1-5H2,(H,17,18)(H,19,20). The molecule has 2 N–H and O–H groups in total. The zero-order chi connectivity index (χ0) is 15.4. The Morgan fingerprint density at radius 3 is 2.62 bits per heavy atom. The highest BCUT2D eigenvalue weighted by atomic mass is 19.2. The van der Waals surface area contributed by atoms with Gasteiger partial charge in [-0.3, -0.25) is 4.79 Å². The van der Waals surface area contributed by atoms with Crippen LogP contribution in [-0.4, -0.2) is 29.7 Å². The van der Waals surface area contributed by atoms with Crippen LogP contribution >= 0.6 is 0 Å². The van der Waals surface area contributed by atoms with Crippen LogP contribution in [0.4, 0.5) is 14.5 Å². The van der Waals surface area contributed by atoms with E-state index < -0.39 is 29.1 Å². The summed E-state index contributed by atoms with van der Waals surface area (Å²) in [7, 11) is 0. The fraction of sp³-hybridized carbons (Fsp3) is 0.429. The van der Waals surface area contributed by atoms with E-state index in [0.717, 1.165) is 19.3 Å². The first-order chi connectivity index (χ1) is 9.97. The first-order valence-electron chi connectivity index (χ1n) is 6.61. The van der Waals surface area contributed by atoms with Gasteiger partial charge in [0.1, 0.15) is 0 Å². The molecule has 1 aliphatic heterocycles. The minimum absolute atomic E-state index is 0.0536. The minimum atomic E-state index is -1.45. The van der Waals surface area contributed by atoms with E-state index >= 15 is 0 Å². The average molecular weight is 299 g/mol. The molecule has 21 heavy (non-hydrogen) atoms. The number of ether oxygens (including phenoxy) is 1. The van der Waals surface area contributed by atoms with Crippen molar-refractivity contribution in [3.8, 4) is 0 Å². The van der Waals surface area contributed by atoms with Gasteiger partial charge < -0.3 is 15.2 Å². The second kappa shape index (κ2) is 6.62. The molecule has 0 saturated carbocycles. The quantitative estimate of drug-likeness (QED) is 0.896. The number of anilines is 1. The third-order valence-electron chi connectivity index (χ3n) is 3.25. The van der Waals surface area contributed by atoms with Gasteiger partial charge in [0.25, 0.3) is 0 Å². The lowest BCUT2D eigenvalue weighted by atomic mass is 10.1. The summed E-state index contributed by atoms with van der Waals surface area (Å²) in [5.41, 5.74) is -0.756. The summed E-state index contributed by atoms with van der Waals surface area (Å²) in [4.78, 5) is 22.8. The normalized spacial score (nSPS) is 18.3. The maximum atomic E-state index is 13.2. The number of amides is 1. The topological polar surface area (TPSA) is 75.6 Å². The number of rotatable bonds is 4. The number of aromatic carboxylic acids is 1. The van der Waals surface area contributed by atoms with Crippen LogP contribution in [0.15, 0.2) is 12.1 Å². The van der Waals surface area contributed by atoms with Crippen LogP contribution in [0.2, 0.25) is 0 Å². The summed E-state index contributed by atoms with van der Waals surface area (Å²) >= 11 is 0. The fourth-order valence-electron chi connectivity index (χ4n) is 2.20. The number of hydrogen-bond acceptors (Lipinski definition) is 3. The monoisotopic (exact) mass is 299 g/mol. The maximum Gasteiger partial charge on any atom is 0.337 e. The van der Waals surface area contributed by atoms with Gasteiger partial charge in [-0.15, -0.1) is 0 Å². The van der Waals surface area contributed by atoms with Gasteiger partial charge in [0.15, 0.2) is 11.6 Å². The third-order valence-corrected chi connectivity index (χ3v) is 3.25. The van der Waals surface area contributed by atoms with E-state index in [1.807, 2.05) is 0 Å². The van der Waals surface area contributed by atoms with Crippen LogP contribution in [-0.2, 0) is 9.53 Å². The molecule has 5 nitrogen and oxygen atoms in total. The van der Waals surface area contributed by atoms with Crippen molar-refractivity contribution in [2.45, 2.75) is 31.8 Å². The molecule has 1 aromatic carbocycles. The molecule has 1 aromatic rings. The maximum absolute atomic E-state index is 13.2. The molecule has 0 radical (unpaired) electrons. The molecule has 0 aliphatic carbocycles. The molecule has 0 bridgehead atoms. The molecule has 7 heteroatoms. The molecular weight excluding hydrogens is 284 g/mol. The lowest BCUT2D eigenvalue weighted by Crippen LogP contribution is -2.26. The summed E-state index contributed by atoms with van der Waals surface area (Å²) in [6.07, 6.45) is 2.49. The Bertz CT molecular complexity index is 556. The zero-order valence-electron chi connectivity index (χ0n) is 11.2. The van der Waals surface area contributed by atoms with Gasteiger partial charge in [0.05, 0.1) is 23.8 Å².